The number of rotatable bonds is 7. The summed E-state index contributed by atoms with van der Waals surface area (Å²) in [6, 6.07) is 10.3. The lowest BCUT2D eigenvalue weighted by Gasteiger charge is -2.08. The Bertz CT molecular complexity index is 404. The molecule has 2 rings (SSSR count). The minimum Gasteiger partial charge on any atom is -0.396 e. The van der Waals surface area contributed by atoms with Gasteiger partial charge in [0, 0.05) is 19.1 Å². The van der Waals surface area contributed by atoms with Crippen LogP contribution in [0.4, 0.5) is 0 Å². The monoisotopic (exact) mass is 261 g/mol. The molecule has 1 aliphatic rings. The Morgan fingerprint density at radius 1 is 1.42 bits per heavy atom. The van der Waals surface area contributed by atoms with E-state index in [0.717, 1.165) is 25.8 Å². The molecule has 0 aliphatic heterocycles. The van der Waals surface area contributed by atoms with Gasteiger partial charge >= 0.3 is 0 Å². The van der Waals surface area contributed by atoms with Crippen molar-refractivity contribution in [1.82, 2.24) is 5.32 Å². The van der Waals surface area contributed by atoms with Gasteiger partial charge in [-0.25, -0.2) is 0 Å². The Morgan fingerprint density at radius 2 is 2.16 bits per heavy atom. The largest absolute Gasteiger partial charge is 0.396 e. The van der Waals surface area contributed by atoms with Crippen LogP contribution >= 0.6 is 0 Å². The fraction of sp³-hybridized carbons (Fsp3) is 0.562. The lowest BCUT2D eigenvalue weighted by atomic mass is 10.1. The van der Waals surface area contributed by atoms with Crippen LogP contribution < -0.4 is 5.32 Å². The number of amides is 1. The van der Waals surface area contributed by atoms with Crippen LogP contribution in [-0.4, -0.2) is 24.2 Å². The zero-order chi connectivity index (χ0) is 13.7. The molecule has 0 bridgehead atoms. The molecule has 3 nitrogen and oxygen atoms in total. The highest BCUT2D eigenvalue weighted by Crippen LogP contribution is 2.47. The standard InChI is InChI=1S/C16H23NO2/c1-12(11-18)6-5-9-17-16(19)15-10-14(15)13-7-3-2-4-8-13/h2-4,7-8,12,14-15,18H,5-6,9-11H2,1H3,(H,17,19). The Balaban J connectivity index is 1.66. The van der Waals surface area contributed by atoms with Crippen molar-refractivity contribution in [3.8, 4) is 0 Å². The van der Waals surface area contributed by atoms with E-state index in [9.17, 15) is 4.79 Å². The number of aliphatic hydroxyl groups is 1. The summed E-state index contributed by atoms with van der Waals surface area (Å²) in [4.78, 5) is 11.9. The van der Waals surface area contributed by atoms with E-state index in [-0.39, 0.29) is 18.4 Å². The average Bonchev–Trinajstić information content (AvgIpc) is 3.24. The molecule has 3 atom stereocenters. The molecule has 1 saturated carbocycles. The van der Waals surface area contributed by atoms with E-state index in [1.807, 2.05) is 25.1 Å². The lowest BCUT2D eigenvalue weighted by molar-refractivity contribution is -0.122. The SMILES string of the molecule is CC(CO)CCCNC(=O)C1CC1c1ccccc1. The van der Waals surface area contributed by atoms with E-state index >= 15 is 0 Å². The third-order valence-electron chi connectivity index (χ3n) is 3.84. The summed E-state index contributed by atoms with van der Waals surface area (Å²) in [5, 5.41) is 11.9. The first-order valence-corrected chi connectivity index (χ1v) is 7.16. The normalized spacial score (nSPS) is 22.8. The van der Waals surface area contributed by atoms with E-state index in [1.54, 1.807) is 0 Å². The summed E-state index contributed by atoms with van der Waals surface area (Å²) in [5.41, 5.74) is 1.27. The molecule has 1 aromatic rings. The van der Waals surface area contributed by atoms with Gasteiger partial charge in [0.25, 0.3) is 0 Å². The third-order valence-corrected chi connectivity index (χ3v) is 3.84. The van der Waals surface area contributed by atoms with Crippen LogP contribution in [0.25, 0.3) is 0 Å². The Kier molecular flexibility index (Phi) is 4.97. The van der Waals surface area contributed by atoms with E-state index in [4.69, 9.17) is 5.11 Å². The first-order valence-electron chi connectivity index (χ1n) is 7.16. The number of hydrogen-bond donors (Lipinski definition) is 2. The van der Waals surface area contributed by atoms with Gasteiger partial charge in [-0.1, -0.05) is 37.3 Å². The Labute approximate surface area is 115 Å². The molecule has 0 heterocycles. The molecular formula is C16H23NO2. The molecule has 1 aliphatic carbocycles. The van der Waals surface area contributed by atoms with Crippen molar-refractivity contribution in [2.45, 2.75) is 32.1 Å². The van der Waals surface area contributed by atoms with Crippen LogP contribution in [-0.2, 0) is 4.79 Å². The maximum absolute atomic E-state index is 11.9. The number of benzene rings is 1. The van der Waals surface area contributed by atoms with E-state index in [2.05, 4.69) is 17.4 Å². The van der Waals surface area contributed by atoms with Crippen molar-refractivity contribution in [1.29, 1.82) is 0 Å². The minimum absolute atomic E-state index is 0.165. The van der Waals surface area contributed by atoms with Crippen LogP contribution in [0.1, 0.15) is 37.7 Å². The van der Waals surface area contributed by atoms with Crippen molar-refractivity contribution >= 4 is 5.91 Å². The van der Waals surface area contributed by atoms with Gasteiger partial charge in [-0.2, -0.15) is 0 Å². The van der Waals surface area contributed by atoms with Crippen LogP contribution in [0.3, 0.4) is 0 Å². The number of carbonyl (C=O) groups excluding carboxylic acids is 1. The Hall–Kier alpha value is -1.35. The first kappa shape index (κ1) is 14.1. The molecule has 2 N–H and O–H groups in total. The molecule has 0 aromatic heterocycles. The first-order chi connectivity index (χ1) is 9.22. The number of hydrogen-bond acceptors (Lipinski definition) is 2. The molecule has 0 radical (unpaired) electrons. The molecule has 0 saturated heterocycles. The predicted molar refractivity (Wildman–Crippen MR) is 75.8 cm³/mol. The van der Waals surface area contributed by atoms with Gasteiger partial charge in [0.1, 0.15) is 0 Å². The van der Waals surface area contributed by atoms with Gasteiger partial charge in [-0.05, 0) is 36.7 Å². The van der Waals surface area contributed by atoms with Gasteiger partial charge in [0.15, 0.2) is 0 Å². The summed E-state index contributed by atoms with van der Waals surface area (Å²) in [6.07, 6.45) is 2.88. The van der Waals surface area contributed by atoms with Gasteiger partial charge in [0.2, 0.25) is 5.91 Å². The maximum atomic E-state index is 11.9. The van der Waals surface area contributed by atoms with Gasteiger partial charge in [0.05, 0.1) is 0 Å². The molecular weight excluding hydrogens is 238 g/mol. The third kappa shape index (κ3) is 4.06. The smallest absolute Gasteiger partial charge is 0.223 e. The summed E-state index contributed by atoms with van der Waals surface area (Å²) in [7, 11) is 0. The summed E-state index contributed by atoms with van der Waals surface area (Å²) in [5.74, 6) is 1.09. The summed E-state index contributed by atoms with van der Waals surface area (Å²) in [6.45, 7) is 2.97. The molecule has 3 unspecified atom stereocenters. The highest BCUT2D eigenvalue weighted by atomic mass is 16.3. The van der Waals surface area contributed by atoms with Crippen molar-refractivity contribution in [3.63, 3.8) is 0 Å². The second-order valence-corrected chi connectivity index (χ2v) is 5.58. The fourth-order valence-electron chi connectivity index (χ4n) is 2.44. The minimum atomic E-state index is 0.165. The number of nitrogens with one attached hydrogen (secondary N) is 1. The quantitative estimate of drug-likeness (QED) is 0.740. The number of aliphatic hydroxyl groups excluding tert-OH is 1. The molecule has 1 amide bonds. The van der Waals surface area contributed by atoms with Crippen molar-refractivity contribution in [2.24, 2.45) is 11.8 Å². The second kappa shape index (κ2) is 6.71. The second-order valence-electron chi connectivity index (χ2n) is 5.58. The van der Waals surface area contributed by atoms with Gasteiger partial charge in [-0.3, -0.25) is 4.79 Å². The van der Waals surface area contributed by atoms with Gasteiger partial charge in [-0.15, -0.1) is 0 Å². The van der Waals surface area contributed by atoms with E-state index < -0.39 is 0 Å². The summed E-state index contributed by atoms with van der Waals surface area (Å²) >= 11 is 0. The Morgan fingerprint density at radius 3 is 2.84 bits per heavy atom. The van der Waals surface area contributed by atoms with E-state index in [1.165, 1.54) is 5.56 Å². The zero-order valence-electron chi connectivity index (χ0n) is 11.5. The zero-order valence-corrected chi connectivity index (χ0v) is 11.5. The van der Waals surface area contributed by atoms with Crippen LogP contribution in [0.15, 0.2) is 30.3 Å². The maximum Gasteiger partial charge on any atom is 0.223 e. The van der Waals surface area contributed by atoms with Crippen LogP contribution in [0, 0.1) is 11.8 Å². The molecule has 0 spiro atoms. The predicted octanol–water partition coefficient (Wildman–Crippen LogP) is 2.31. The van der Waals surface area contributed by atoms with Crippen molar-refractivity contribution in [2.75, 3.05) is 13.2 Å². The van der Waals surface area contributed by atoms with Crippen LogP contribution in [0.5, 0.6) is 0 Å². The molecule has 3 heteroatoms. The molecule has 19 heavy (non-hydrogen) atoms. The van der Waals surface area contributed by atoms with Crippen molar-refractivity contribution < 1.29 is 9.90 Å². The van der Waals surface area contributed by atoms with E-state index in [0.29, 0.717) is 11.8 Å². The average molecular weight is 261 g/mol. The molecule has 1 aromatic carbocycles. The number of carbonyl (C=O) groups is 1. The topological polar surface area (TPSA) is 49.3 Å². The van der Waals surface area contributed by atoms with Crippen LogP contribution in [0.2, 0.25) is 0 Å². The summed E-state index contributed by atoms with van der Waals surface area (Å²) < 4.78 is 0. The highest BCUT2D eigenvalue weighted by Gasteiger charge is 2.43. The highest BCUT2D eigenvalue weighted by molar-refractivity contribution is 5.82. The fourth-order valence-corrected chi connectivity index (χ4v) is 2.44. The molecule has 104 valence electrons. The van der Waals surface area contributed by atoms with Crippen molar-refractivity contribution in [3.05, 3.63) is 35.9 Å². The molecule has 1 fully saturated rings. The van der Waals surface area contributed by atoms with Gasteiger partial charge < -0.3 is 10.4 Å². The lowest BCUT2D eigenvalue weighted by Crippen LogP contribution is -2.26.